The number of carboxylic acids is 2. The standard InChI is InChI=1S/C20H18N8O6S2/c21-27-25-13-5-1-11(2-6-13)17(29)23-15(19(31)32)9-35-36-10-16(20(33)34)24-18(30)12-3-7-14(8-4-12)26-28-22/h1-8,15-16H,9-10H2,(H,23,29)(H,24,30)(H,31,32)(H,33,34)/t15-,16?/m0/s1. The smallest absolute Gasteiger partial charge is 0.327 e. The molecule has 1 unspecified atom stereocenters. The van der Waals surface area contributed by atoms with Gasteiger partial charge in [0.15, 0.2) is 0 Å². The lowest BCUT2D eigenvalue weighted by Crippen LogP contribution is -2.43. The third-order valence-corrected chi connectivity index (χ3v) is 6.76. The Balaban J connectivity index is 1.88. The molecular formula is C20H18N8O6S2. The highest BCUT2D eigenvalue weighted by molar-refractivity contribution is 8.76. The van der Waals surface area contributed by atoms with Crippen molar-refractivity contribution in [3.05, 3.63) is 80.5 Å². The van der Waals surface area contributed by atoms with E-state index in [4.69, 9.17) is 11.1 Å². The average molecular weight is 531 g/mol. The minimum atomic E-state index is -1.28. The summed E-state index contributed by atoms with van der Waals surface area (Å²) in [6.07, 6.45) is 0. The molecule has 16 heteroatoms. The lowest BCUT2D eigenvalue weighted by atomic mass is 10.2. The van der Waals surface area contributed by atoms with E-state index in [0.29, 0.717) is 11.4 Å². The van der Waals surface area contributed by atoms with E-state index >= 15 is 0 Å². The highest BCUT2D eigenvalue weighted by Gasteiger charge is 2.24. The summed E-state index contributed by atoms with van der Waals surface area (Å²) in [6, 6.07) is 8.62. The topological polar surface area (TPSA) is 230 Å². The Morgan fingerprint density at radius 2 is 1.06 bits per heavy atom. The van der Waals surface area contributed by atoms with Gasteiger partial charge >= 0.3 is 11.9 Å². The minimum absolute atomic E-state index is 0.0797. The fraction of sp³-hybridized carbons (Fsp3) is 0.200. The van der Waals surface area contributed by atoms with Crippen LogP contribution >= 0.6 is 21.6 Å². The lowest BCUT2D eigenvalue weighted by Gasteiger charge is -2.16. The van der Waals surface area contributed by atoms with Gasteiger partial charge in [0.2, 0.25) is 0 Å². The van der Waals surface area contributed by atoms with Gasteiger partial charge in [-0.05, 0) is 35.3 Å². The quantitative estimate of drug-likeness (QED) is 0.0968. The van der Waals surface area contributed by atoms with Crippen LogP contribution in [0.25, 0.3) is 20.9 Å². The number of carboxylic acid groups (broad SMARTS) is 2. The number of benzene rings is 2. The van der Waals surface area contributed by atoms with Crippen molar-refractivity contribution in [3.8, 4) is 0 Å². The molecule has 0 saturated carbocycles. The number of hydrogen-bond donors (Lipinski definition) is 4. The van der Waals surface area contributed by atoms with Crippen molar-refractivity contribution in [2.45, 2.75) is 12.1 Å². The van der Waals surface area contributed by atoms with Gasteiger partial charge in [-0.1, -0.05) is 56.1 Å². The van der Waals surface area contributed by atoms with Gasteiger partial charge in [-0.3, -0.25) is 9.59 Å². The third kappa shape index (κ3) is 8.77. The highest BCUT2D eigenvalue weighted by Crippen LogP contribution is 2.24. The molecule has 0 bridgehead atoms. The zero-order chi connectivity index (χ0) is 26.5. The first-order valence-electron chi connectivity index (χ1n) is 9.87. The average Bonchev–Trinajstić information content (AvgIpc) is 2.85. The van der Waals surface area contributed by atoms with E-state index < -0.39 is 35.8 Å². The van der Waals surface area contributed by atoms with Crippen LogP contribution in [0.2, 0.25) is 0 Å². The summed E-state index contributed by atoms with van der Waals surface area (Å²) in [6.45, 7) is 0. The molecule has 0 aliphatic carbocycles. The molecule has 0 spiro atoms. The molecule has 2 atom stereocenters. The number of azide groups is 2. The summed E-state index contributed by atoms with van der Waals surface area (Å²) in [5.74, 6) is -4.03. The number of carbonyl (C=O) groups is 4. The summed E-state index contributed by atoms with van der Waals surface area (Å²) >= 11 is 0. The van der Waals surface area contributed by atoms with Crippen LogP contribution < -0.4 is 10.6 Å². The molecule has 14 nitrogen and oxygen atoms in total. The third-order valence-electron chi connectivity index (χ3n) is 4.34. The number of carbonyl (C=O) groups excluding carboxylic acids is 2. The molecule has 0 fully saturated rings. The fourth-order valence-corrected chi connectivity index (χ4v) is 4.84. The number of aliphatic carboxylic acids is 2. The molecule has 2 rings (SSSR count). The number of rotatable bonds is 13. The van der Waals surface area contributed by atoms with Crippen molar-refractivity contribution >= 4 is 56.7 Å². The van der Waals surface area contributed by atoms with E-state index in [-0.39, 0.29) is 22.6 Å². The van der Waals surface area contributed by atoms with E-state index in [2.05, 4.69) is 30.7 Å². The molecule has 2 aromatic rings. The molecule has 0 heterocycles. The molecular weight excluding hydrogens is 512 g/mol. The Morgan fingerprint density at radius 3 is 1.33 bits per heavy atom. The maximum atomic E-state index is 12.3. The number of hydrogen-bond acceptors (Lipinski definition) is 8. The maximum absolute atomic E-state index is 12.3. The zero-order valence-electron chi connectivity index (χ0n) is 18.2. The van der Waals surface area contributed by atoms with Gasteiger partial charge < -0.3 is 20.8 Å². The largest absolute Gasteiger partial charge is 0.480 e. The fourth-order valence-electron chi connectivity index (χ4n) is 2.53. The molecule has 2 amide bonds. The first kappa shape index (κ1) is 27.9. The van der Waals surface area contributed by atoms with Crippen LogP contribution in [-0.2, 0) is 9.59 Å². The highest BCUT2D eigenvalue weighted by atomic mass is 33.1. The Morgan fingerprint density at radius 1 is 0.722 bits per heavy atom. The van der Waals surface area contributed by atoms with Crippen molar-refractivity contribution in [1.82, 2.24) is 10.6 Å². The van der Waals surface area contributed by atoms with Crippen LogP contribution in [-0.4, -0.2) is 57.6 Å². The van der Waals surface area contributed by atoms with Crippen LogP contribution in [0.1, 0.15) is 20.7 Å². The van der Waals surface area contributed by atoms with Gasteiger partial charge in [0.05, 0.1) is 0 Å². The minimum Gasteiger partial charge on any atom is -0.480 e. The molecule has 0 radical (unpaired) electrons. The molecule has 0 aliphatic rings. The Bertz CT molecular complexity index is 1120. The number of nitrogens with one attached hydrogen (secondary N) is 2. The second-order valence-electron chi connectivity index (χ2n) is 6.77. The summed E-state index contributed by atoms with van der Waals surface area (Å²) in [5.41, 5.74) is 17.7. The first-order valence-corrected chi connectivity index (χ1v) is 12.4. The molecule has 36 heavy (non-hydrogen) atoms. The summed E-state index contributed by atoms with van der Waals surface area (Å²) in [4.78, 5) is 53.0. The molecule has 4 N–H and O–H groups in total. The number of amides is 2. The van der Waals surface area contributed by atoms with E-state index in [1.165, 1.54) is 48.5 Å². The normalized spacial score (nSPS) is 11.7. The van der Waals surface area contributed by atoms with E-state index in [1.807, 2.05) is 0 Å². The lowest BCUT2D eigenvalue weighted by molar-refractivity contribution is -0.139. The van der Waals surface area contributed by atoms with Gasteiger partial charge in [-0.25, -0.2) is 9.59 Å². The van der Waals surface area contributed by atoms with Gasteiger partial charge in [0.1, 0.15) is 12.1 Å². The Kier molecular flexibility index (Phi) is 10.9. The monoisotopic (exact) mass is 530 g/mol. The van der Waals surface area contributed by atoms with E-state index in [9.17, 15) is 29.4 Å². The molecule has 0 aromatic heterocycles. The van der Waals surface area contributed by atoms with E-state index in [1.54, 1.807) is 0 Å². The first-order chi connectivity index (χ1) is 17.2. The maximum Gasteiger partial charge on any atom is 0.327 e. The van der Waals surface area contributed by atoms with Gasteiger partial charge in [-0.2, -0.15) is 0 Å². The second kappa shape index (κ2) is 14.1. The van der Waals surface area contributed by atoms with Crippen molar-refractivity contribution in [2.24, 2.45) is 10.2 Å². The molecule has 2 aromatic carbocycles. The van der Waals surface area contributed by atoms with Crippen molar-refractivity contribution in [3.63, 3.8) is 0 Å². The van der Waals surface area contributed by atoms with Crippen LogP contribution in [0.5, 0.6) is 0 Å². The van der Waals surface area contributed by atoms with Crippen molar-refractivity contribution in [2.75, 3.05) is 11.5 Å². The van der Waals surface area contributed by atoms with Crippen LogP contribution in [0, 0.1) is 0 Å². The van der Waals surface area contributed by atoms with Crippen LogP contribution in [0.15, 0.2) is 58.8 Å². The van der Waals surface area contributed by atoms with Crippen LogP contribution in [0.3, 0.4) is 0 Å². The number of nitrogens with zero attached hydrogens (tertiary/aromatic N) is 6. The zero-order valence-corrected chi connectivity index (χ0v) is 19.8. The second-order valence-corrected chi connectivity index (χ2v) is 9.32. The summed E-state index contributed by atoms with van der Waals surface area (Å²) in [7, 11) is 2.03. The molecule has 0 aliphatic heterocycles. The summed E-state index contributed by atoms with van der Waals surface area (Å²) in [5, 5.41) is 30.3. The Hall–Kier alpha value is -4.36. The van der Waals surface area contributed by atoms with Gasteiger partial charge in [0.25, 0.3) is 11.8 Å². The predicted molar refractivity (Wildman–Crippen MR) is 133 cm³/mol. The predicted octanol–water partition coefficient (Wildman–Crippen LogP) is 4.02. The van der Waals surface area contributed by atoms with Crippen molar-refractivity contribution < 1.29 is 29.4 Å². The Labute approximate surface area is 211 Å². The van der Waals surface area contributed by atoms with Gasteiger partial charge in [0, 0.05) is 43.8 Å². The van der Waals surface area contributed by atoms with E-state index in [0.717, 1.165) is 21.6 Å². The SMILES string of the molecule is [N-]=[N+]=Nc1ccc(C(=O)NC(CSSC[C@H](NC(=O)c2ccc(N=[N+]=[N-])cc2)C(=O)O)C(=O)O)cc1. The molecule has 0 saturated heterocycles. The molecule has 186 valence electrons. The van der Waals surface area contributed by atoms with Crippen molar-refractivity contribution in [1.29, 1.82) is 0 Å². The van der Waals surface area contributed by atoms with Crippen LogP contribution in [0.4, 0.5) is 11.4 Å². The summed E-state index contributed by atoms with van der Waals surface area (Å²) < 4.78 is 0. The van der Waals surface area contributed by atoms with Gasteiger partial charge in [-0.15, -0.1) is 0 Å².